The molecular formula is C7H4BrCl2F2N. The molecule has 1 nitrogen and oxygen atoms in total. The molecule has 0 spiro atoms. The molecule has 0 bridgehead atoms. The summed E-state index contributed by atoms with van der Waals surface area (Å²) in [5.74, 6) is -0.0115. The number of nitrogens with zero attached hydrogens (tertiary/aromatic N) is 1. The fraction of sp³-hybridized carbons (Fsp3) is 0.286. The van der Waals surface area contributed by atoms with Gasteiger partial charge in [0.25, 0.3) is 6.43 Å². The highest BCUT2D eigenvalue weighted by molar-refractivity contribution is 9.10. The second-order valence-electron chi connectivity index (χ2n) is 2.24. The smallest absolute Gasteiger partial charge is 0.243 e. The topological polar surface area (TPSA) is 12.9 Å². The molecule has 13 heavy (non-hydrogen) atoms. The largest absolute Gasteiger partial charge is 0.265 e. The number of halogens is 5. The molecule has 0 radical (unpaired) electrons. The molecule has 1 aromatic rings. The van der Waals surface area contributed by atoms with Crippen molar-refractivity contribution >= 4 is 39.1 Å². The lowest BCUT2D eigenvalue weighted by molar-refractivity contribution is 0.149. The molecule has 0 saturated heterocycles. The molecule has 0 aliphatic rings. The molecule has 0 N–H and O–H groups in total. The highest BCUT2D eigenvalue weighted by atomic mass is 79.9. The Morgan fingerprint density at radius 2 is 2.15 bits per heavy atom. The van der Waals surface area contributed by atoms with Crippen LogP contribution in [0.2, 0.25) is 5.15 Å². The van der Waals surface area contributed by atoms with Crippen molar-refractivity contribution < 1.29 is 8.78 Å². The maximum Gasteiger partial charge on any atom is 0.265 e. The maximum absolute atomic E-state index is 12.5. The molecule has 72 valence electrons. The minimum Gasteiger partial charge on any atom is -0.243 e. The van der Waals surface area contributed by atoms with Gasteiger partial charge in [-0.3, -0.25) is 0 Å². The van der Waals surface area contributed by atoms with Gasteiger partial charge in [0.05, 0.1) is 4.47 Å². The molecule has 1 heterocycles. The normalized spacial score (nSPS) is 10.9. The molecule has 0 fully saturated rings. The minimum atomic E-state index is -2.61. The average molecular weight is 291 g/mol. The monoisotopic (exact) mass is 289 g/mol. The van der Waals surface area contributed by atoms with Crippen LogP contribution in [-0.2, 0) is 5.88 Å². The summed E-state index contributed by atoms with van der Waals surface area (Å²) in [4.78, 5) is 3.69. The number of hydrogen-bond donors (Lipinski definition) is 0. The lowest BCUT2D eigenvalue weighted by Crippen LogP contribution is -1.96. The number of hydrogen-bond acceptors (Lipinski definition) is 1. The standard InChI is InChI=1S/C7H4BrCl2F2N/c8-5-4(7(11)12)3(1-9)2-13-6(5)10/h2,7H,1H2. The first kappa shape index (κ1) is 11.1. The van der Waals surface area contributed by atoms with Crippen LogP contribution in [0.4, 0.5) is 8.78 Å². The van der Waals surface area contributed by atoms with Crippen molar-refractivity contribution in [1.82, 2.24) is 4.98 Å². The quantitative estimate of drug-likeness (QED) is 0.588. The van der Waals surface area contributed by atoms with Gasteiger partial charge in [0.1, 0.15) is 5.15 Å². The molecule has 0 aliphatic heterocycles. The Kier molecular flexibility index (Phi) is 3.88. The van der Waals surface area contributed by atoms with Crippen LogP contribution in [-0.4, -0.2) is 4.98 Å². The molecule has 0 aromatic carbocycles. The summed E-state index contributed by atoms with van der Waals surface area (Å²) >= 11 is 14.0. The number of pyridine rings is 1. The molecule has 6 heteroatoms. The van der Waals surface area contributed by atoms with E-state index >= 15 is 0 Å². The van der Waals surface area contributed by atoms with Gasteiger partial charge in [0.2, 0.25) is 0 Å². The number of alkyl halides is 3. The van der Waals surface area contributed by atoms with E-state index in [-0.39, 0.29) is 26.6 Å². The molecular weight excluding hydrogens is 287 g/mol. The summed E-state index contributed by atoms with van der Waals surface area (Å²) in [7, 11) is 0. The first-order valence-electron chi connectivity index (χ1n) is 3.24. The van der Waals surface area contributed by atoms with E-state index in [2.05, 4.69) is 20.9 Å². The fourth-order valence-corrected chi connectivity index (χ4v) is 1.75. The van der Waals surface area contributed by atoms with Crippen molar-refractivity contribution in [2.75, 3.05) is 0 Å². The average Bonchev–Trinajstić information content (AvgIpc) is 2.08. The second-order valence-corrected chi connectivity index (χ2v) is 3.65. The van der Waals surface area contributed by atoms with Gasteiger partial charge in [-0.15, -0.1) is 11.6 Å². The van der Waals surface area contributed by atoms with Crippen LogP contribution in [0.3, 0.4) is 0 Å². The summed E-state index contributed by atoms with van der Waals surface area (Å²) in [6.45, 7) is 0. The van der Waals surface area contributed by atoms with E-state index < -0.39 is 6.43 Å². The van der Waals surface area contributed by atoms with E-state index in [1.165, 1.54) is 6.20 Å². The first-order chi connectivity index (χ1) is 6.07. The van der Waals surface area contributed by atoms with Gasteiger partial charge in [0.15, 0.2) is 0 Å². The summed E-state index contributed by atoms with van der Waals surface area (Å²) in [5, 5.41) is 0.0177. The predicted octanol–water partition coefficient (Wildman–Crippen LogP) is 4.17. The molecule has 0 unspecified atom stereocenters. The van der Waals surface area contributed by atoms with Crippen LogP contribution >= 0.6 is 39.1 Å². The molecule has 0 amide bonds. The van der Waals surface area contributed by atoms with Gasteiger partial charge in [-0.05, 0) is 21.5 Å². The Hall–Kier alpha value is 0.0700. The highest BCUT2D eigenvalue weighted by Gasteiger charge is 2.19. The SMILES string of the molecule is FC(F)c1c(CCl)cnc(Cl)c1Br. The first-order valence-corrected chi connectivity index (χ1v) is 4.95. The molecule has 0 aliphatic carbocycles. The van der Waals surface area contributed by atoms with Crippen LogP contribution < -0.4 is 0 Å². The maximum atomic E-state index is 12.5. The number of rotatable bonds is 2. The number of aromatic nitrogens is 1. The van der Waals surface area contributed by atoms with Gasteiger partial charge in [-0.25, -0.2) is 13.8 Å². The van der Waals surface area contributed by atoms with E-state index in [9.17, 15) is 8.78 Å². The molecule has 0 saturated carbocycles. The summed E-state index contributed by atoms with van der Waals surface area (Å²) in [5.41, 5.74) is 0.0999. The van der Waals surface area contributed by atoms with E-state index in [1.54, 1.807) is 0 Å². The van der Waals surface area contributed by atoms with Crippen molar-refractivity contribution in [2.24, 2.45) is 0 Å². The van der Waals surface area contributed by atoms with Gasteiger partial charge in [-0.1, -0.05) is 11.6 Å². The van der Waals surface area contributed by atoms with Gasteiger partial charge >= 0.3 is 0 Å². The second kappa shape index (κ2) is 4.53. The lowest BCUT2D eigenvalue weighted by atomic mass is 10.2. The van der Waals surface area contributed by atoms with Crippen molar-refractivity contribution in [1.29, 1.82) is 0 Å². The van der Waals surface area contributed by atoms with E-state index in [1.807, 2.05) is 0 Å². The van der Waals surface area contributed by atoms with E-state index in [0.717, 1.165) is 0 Å². The van der Waals surface area contributed by atoms with Gasteiger partial charge in [0, 0.05) is 17.6 Å². The summed E-state index contributed by atoms with van der Waals surface area (Å²) in [6.07, 6.45) is -1.36. The van der Waals surface area contributed by atoms with E-state index in [4.69, 9.17) is 23.2 Å². The van der Waals surface area contributed by atoms with Crippen LogP contribution in [0, 0.1) is 0 Å². The van der Waals surface area contributed by atoms with Crippen LogP contribution in [0.5, 0.6) is 0 Å². The Labute approximate surface area is 92.2 Å². The Balaban J connectivity index is 3.32. The Bertz CT molecular complexity index is 320. The Morgan fingerprint density at radius 1 is 1.54 bits per heavy atom. The zero-order chi connectivity index (χ0) is 10.0. The van der Waals surface area contributed by atoms with Crippen molar-refractivity contribution in [2.45, 2.75) is 12.3 Å². The molecule has 0 atom stereocenters. The van der Waals surface area contributed by atoms with Crippen LogP contribution in [0.15, 0.2) is 10.7 Å². The Morgan fingerprint density at radius 3 is 2.62 bits per heavy atom. The van der Waals surface area contributed by atoms with Crippen LogP contribution in [0.1, 0.15) is 17.6 Å². The third-order valence-electron chi connectivity index (χ3n) is 1.46. The van der Waals surface area contributed by atoms with Crippen molar-refractivity contribution in [3.63, 3.8) is 0 Å². The lowest BCUT2D eigenvalue weighted by Gasteiger charge is -2.08. The zero-order valence-electron chi connectivity index (χ0n) is 6.20. The van der Waals surface area contributed by atoms with E-state index in [0.29, 0.717) is 0 Å². The summed E-state index contributed by atoms with van der Waals surface area (Å²) < 4.78 is 25.1. The van der Waals surface area contributed by atoms with Crippen molar-refractivity contribution in [3.8, 4) is 0 Å². The zero-order valence-corrected chi connectivity index (χ0v) is 9.30. The third kappa shape index (κ3) is 2.30. The highest BCUT2D eigenvalue weighted by Crippen LogP contribution is 2.34. The summed E-state index contributed by atoms with van der Waals surface area (Å²) in [6, 6.07) is 0. The van der Waals surface area contributed by atoms with Crippen LogP contribution in [0.25, 0.3) is 0 Å². The molecule has 1 aromatic heterocycles. The third-order valence-corrected chi connectivity index (χ3v) is 3.06. The van der Waals surface area contributed by atoms with Crippen molar-refractivity contribution in [3.05, 3.63) is 26.9 Å². The molecule has 1 rings (SSSR count). The minimum absolute atomic E-state index is 0.0115. The van der Waals surface area contributed by atoms with Gasteiger partial charge in [-0.2, -0.15) is 0 Å². The van der Waals surface area contributed by atoms with Gasteiger partial charge < -0.3 is 0 Å². The fourth-order valence-electron chi connectivity index (χ4n) is 0.855. The predicted molar refractivity (Wildman–Crippen MR) is 51.5 cm³/mol.